The molecule has 0 radical (unpaired) electrons. The Balaban J connectivity index is 2.47. The van der Waals surface area contributed by atoms with E-state index in [1.807, 2.05) is 18.2 Å². The summed E-state index contributed by atoms with van der Waals surface area (Å²) in [5, 5.41) is 0. The molecule has 4 heteroatoms. The molecule has 0 aliphatic rings. The summed E-state index contributed by atoms with van der Waals surface area (Å²) in [6.07, 6.45) is 0. The van der Waals surface area contributed by atoms with Gasteiger partial charge in [0.25, 0.3) is 0 Å². The van der Waals surface area contributed by atoms with Crippen molar-refractivity contribution < 1.29 is 9.47 Å². The molecule has 0 bridgehead atoms. The smallest absolute Gasteiger partial charge is 0.124 e. The van der Waals surface area contributed by atoms with Gasteiger partial charge in [0, 0.05) is 15.3 Å². The minimum atomic E-state index is -0.199. The van der Waals surface area contributed by atoms with Crippen molar-refractivity contribution in [3.05, 3.63) is 45.1 Å². The lowest BCUT2D eigenvalue weighted by atomic mass is 9.99. The third-order valence-corrected chi connectivity index (χ3v) is 4.17. The highest BCUT2D eigenvalue weighted by Gasteiger charge is 2.18. The van der Waals surface area contributed by atoms with Gasteiger partial charge in [0.15, 0.2) is 0 Å². The van der Waals surface area contributed by atoms with E-state index in [2.05, 4.69) is 19.9 Å². The van der Waals surface area contributed by atoms with Crippen LogP contribution in [-0.2, 0) is 0 Å². The van der Waals surface area contributed by atoms with Crippen LogP contribution in [0, 0.1) is 13.8 Å². The highest BCUT2D eigenvalue weighted by molar-refractivity contribution is 7.12. The standard InChI is InChI=1S/C15H19NO2S/c1-9-7-12(10(2)19-9)15(16)13-8-11(17-3)5-6-14(13)18-4/h5-8,15H,16H2,1-4H3. The number of nitrogens with two attached hydrogens (primary N) is 1. The van der Waals surface area contributed by atoms with Crippen LogP contribution in [0.15, 0.2) is 24.3 Å². The predicted molar refractivity (Wildman–Crippen MR) is 79.4 cm³/mol. The maximum atomic E-state index is 6.40. The minimum Gasteiger partial charge on any atom is -0.497 e. The number of benzene rings is 1. The minimum absolute atomic E-state index is 0.199. The molecule has 1 aromatic carbocycles. The van der Waals surface area contributed by atoms with Crippen LogP contribution in [0.2, 0.25) is 0 Å². The van der Waals surface area contributed by atoms with Gasteiger partial charge in [0.1, 0.15) is 11.5 Å². The van der Waals surface area contributed by atoms with Gasteiger partial charge in [-0.2, -0.15) is 0 Å². The largest absolute Gasteiger partial charge is 0.497 e. The maximum absolute atomic E-state index is 6.40. The molecule has 0 aliphatic carbocycles. The van der Waals surface area contributed by atoms with Crippen molar-refractivity contribution in [2.75, 3.05) is 14.2 Å². The molecule has 0 saturated carbocycles. The lowest BCUT2D eigenvalue weighted by Crippen LogP contribution is -2.13. The van der Waals surface area contributed by atoms with E-state index in [1.165, 1.54) is 9.75 Å². The number of hydrogen-bond acceptors (Lipinski definition) is 4. The Morgan fingerprint density at radius 3 is 2.32 bits per heavy atom. The van der Waals surface area contributed by atoms with Crippen LogP contribution in [0.1, 0.15) is 26.9 Å². The molecule has 2 aromatic rings. The monoisotopic (exact) mass is 277 g/mol. The summed E-state index contributed by atoms with van der Waals surface area (Å²) >= 11 is 1.76. The van der Waals surface area contributed by atoms with Gasteiger partial charge in [-0.25, -0.2) is 0 Å². The van der Waals surface area contributed by atoms with E-state index in [-0.39, 0.29) is 6.04 Å². The molecule has 102 valence electrons. The van der Waals surface area contributed by atoms with Gasteiger partial charge in [-0.05, 0) is 43.7 Å². The Hall–Kier alpha value is -1.52. The normalized spacial score (nSPS) is 12.3. The summed E-state index contributed by atoms with van der Waals surface area (Å²) in [7, 11) is 3.31. The highest BCUT2D eigenvalue weighted by Crippen LogP contribution is 2.35. The fourth-order valence-corrected chi connectivity index (χ4v) is 3.18. The molecule has 0 saturated heterocycles. The Bertz CT molecular complexity index is 578. The first kappa shape index (κ1) is 13.9. The van der Waals surface area contributed by atoms with Gasteiger partial charge in [-0.1, -0.05) is 0 Å². The summed E-state index contributed by atoms with van der Waals surface area (Å²) < 4.78 is 10.7. The summed E-state index contributed by atoms with van der Waals surface area (Å²) in [4.78, 5) is 2.51. The molecular weight excluding hydrogens is 258 g/mol. The lowest BCUT2D eigenvalue weighted by molar-refractivity contribution is 0.397. The van der Waals surface area contributed by atoms with Crippen LogP contribution < -0.4 is 15.2 Å². The predicted octanol–water partition coefficient (Wildman–Crippen LogP) is 3.43. The molecule has 0 aliphatic heterocycles. The first-order valence-electron chi connectivity index (χ1n) is 6.11. The van der Waals surface area contributed by atoms with Crippen LogP contribution in [0.5, 0.6) is 11.5 Å². The average Bonchev–Trinajstić information content (AvgIpc) is 2.76. The molecule has 3 nitrogen and oxygen atoms in total. The fraction of sp³-hybridized carbons (Fsp3) is 0.333. The number of methoxy groups -OCH3 is 2. The van der Waals surface area contributed by atoms with Crippen molar-refractivity contribution in [2.24, 2.45) is 5.73 Å². The second-order valence-corrected chi connectivity index (χ2v) is 5.91. The molecule has 1 unspecified atom stereocenters. The number of ether oxygens (including phenoxy) is 2. The molecule has 2 rings (SSSR count). The molecular formula is C15H19NO2S. The first-order valence-corrected chi connectivity index (χ1v) is 6.93. The van der Waals surface area contributed by atoms with Crippen molar-refractivity contribution in [1.29, 1.82) is 0 Å². The van der Waals surface area contributed by atoms with E-state index in [0.717, 1.165) is 22.6 Å². The van der Waals surface area contributed by atoms with E-state index < -0.39 is 0 Å². The topological polar surface area (TPSA) is 44.5 Å². The molecule has 1 heterocycles. The van der Waals surface area contributed by atoms with Gasteiger partial charge in [-0.15, -0.1) is 11.3 Å². The number of aryl methyl sites for hydroxylation is 2. The van der Waals surface area contributed by atoms with E-state index >= 15 is 0 Å². The van der Waals surface area contributed by atoms with Gasteiger partial charge < -0.3 is 15.2 Å². The van der Waals surface area contributed by atoms with Gasteiger partial charge >= 0.3 is 0 Å². The summed E-state index contributed by atoms with van der Waals surface area (Å²) in [6.45, 7) is 4.19. The van der Waals surface area contributed by atoms with Crippen molar-refractivity contribution in [2.45, 2.75) is 19.9 Å². The summed E-state index contributed by atoms with van der Waals surface area (Å²) in [5.74, 6) is 1.58. The fourth-order valence-electron chi connectivity index (χ4n) is 2.21. The van der Waals surface area contributed by atoms with E-state index in [4.69, 9.17) is 15.2 Å². The van der Waals surface area contributed by atoms with Crippen molar-refractivity contribution in [1.82, 2.24) is 0 Å². The Morgan fingerprint density at radius 1 is 1.05 bits per heavy atom. The molecule has 2 N–H and O–H groups in total. The van der Waals surface area contributed by atoms with Crippen LogP contribution in [0.3, 0.4) is 0 Å². The Kier molecular flexibility index (Phi) is 4.12. The van der Waals surface area contributed by atoms with Crippen molar-refractivity contribution in [3.8, 4) is 11.5 Å². The van der Waals surface area contributed by atoms with Crippen LogP contribution in [0.25, 0.3) is 0 Å². The van der Waals surface area contributed by atoms with Crippen LogP contribution >= 0.6 is 11.3 Å². The van der Waals surface area contributed by atoms with E-state index in [9.17, 15) is 0 Å². The van der Waals surface area contributed by atoms with Crippen molar-refractivity contribution >= 4 is 11.3 Å². The zero-order valence-corrected chi connectivity index (χ0v) is 12.5. The quantitative estimate of drug-likeness (QED) is 0.931. The zero-order valence-electron chi connectivity index (χ0n) is 11.7. The van der Waals surface area contributed by atoms with Gasteiger partial charge in [0.05, 0.1) is 20.3 Å². The molecule has 0 fully saturated rings. The van der Waals surface area contributed by atoms with Crippen LogP contribution in [0.4, 0.5) is 0 Å². The Morgan fingerprint density at radius 2 is 1.79 bits per heavy atom. The third kappa shape index (κ3) is 2.74. The molecule has 0 amide bonds. The lowest BCUT2D eigenvalue weighted by Gasteiger charge is -2.17. The van der Waals surface area contributed by atoms with E-state index in [1.54, 1.807) is 25.6 Å². The highest BCUT2D eigenvalue weighted by atomic mass is 32.1. The van der Waals surface area contributed by atoms with Crippen molar-refractivity contribution in [3.63, 3.8) is 0 Å². The summed E-state index contributed by atoms with van der Waals surface area (Å²) in [6, 6.07) is 7.65. The van der Waals surface area contributed by atoms with Crippen LogP contribution in [-0.4, -0.2) is 14.2 Å². The molecule has 0 spiro atoms. The maximum Gasteiger partial charge on any atom is 0.124 e. The third-order valence-electron chi connectivity index (χ3n) is 3.19. The molecule has 19 heavy (non-hydrogen) atoms. The van der Waals surface area contributed by atoms with Gasteiger partial charge in [-0.3, -0.25) is 0 Å². The zero-order chi connectivity index (χ0) is 14.0. The average molecular weight is 277 g/mol. The molecule has 1 atom stereocenters. The first-order chi connectivity index (χ1) is 9.06. The van der Waals surface area contributed by atoms with E-state index in [0.29, 0.717) is 0 Å². The Labute approximate surface area is 118 Å². The SMILES string of the molecule is COc1ccc(OC)c(C(N)c2cc(C)sc2C)c1. The van der Waals surface area contributed by atoms with Gasteiger partial charge in [0.2, 0.25) is 0 Å². The number of rotatable bonds is 4. The second-order valence-electron chi connectivity index (χ2n) is 4.45. The number of hydrogen-bond donors (Lipinski definition) is 1. The summed E-state index contributed by atoms with van der Waals surface area (Å²) in [5.41, 5.74) is 8.50. The molecule has 1 aromatic heterocycles. The number of thiophene rings is 1. The second kappa shape index (κ2) is 5.63.